The predicted molar refractivity (Wildman–Crippen MR) is 109 cm³/mol. The highest BCUT2D eigenvalue weighted by Gasteiger charge is 2.27. The van der Waals surface area contributed by atoms with E-state index in [2.05, 4.69) is 14.8 Å². The molecule has 164 valence electrons. The van der Waals surface area contributed by atoms with E-state index in [0.29, 0.717) is 0 Å². The van der Waals surface area contributed by atoms with Crippen LogP contribution >= 0.6 is 22.9 Å². The first kappa shape index (κ1) is 23.8. The number of rotatable bonds is 7. The molecule has 2 rings (SSSR count). The van der Waals surface area contributed by atoms with Gasteiger partial charge >= 0.3 is 17.9 Å². The number of nitro benzene ring substituents is 1. The molecule has 0 aliphatic heterocycles. The molecule has 1 heterocycles. The number of nitro groups is 1. The molecule has 0 radical (unpaired) electrons. The van der Waals surface area contributed by atoms with Crippen LogP contribution in [0.2, 0.25) is 5.02 Å². The van der Waals surface area contributed by atoms with E-state index in [-0.39, 0.29) is 37.3 Å². The number of non-ortho nitro benzene ring substituents is 1. The maximum atomic E-state index is 12.2. The third-order valence-corrected chi connectivity index (χ3v) is 5.38. The number of amides is 1. The lowest BCUT2D eigenvalue weighted by molar-refractivity contribution is -0.384. The average Bonchev–Trinajstić information content (AvgIpc) is 3.06. The standard InChI is InChI=1S/C18H15ClN2O9S/c1-8-13(17(24)28-2)15(31-14(8)18(25)29-3)20-12(22)7-30-16(23)10-5-4-9(21(26)27)6-11(10)19/h4-6H,7H2,1-3H3,(H,20,22). The van der Waals surface area contributed by atoms with E-state index < -0.39 is 35.3 Å². The number of nitrogens with one attached hydrogen (secondary N) is 1. The zero-order valence-electron chi connectivity index (χ0n) is 16.3. The molecule has 1 amide bonds. The first-order valence-corrected chi connectivity index (χ1v) is 9.51. The number of methoxy groups -OCH3 is 2. The molecule has 1 N–H and O–H groups in total. The minimum absolute atomic E-state index is 0.0131. The number of anilines is 1. The van der Waals surface area contributed by atoms with Gasteiger partial charge in [0.15, 0.2) is 6.61 Å². The summed E-state index contributed by atoms with van der Waals surface area (Å²) in [7, 11) is 2.30. The van der Waals surface area contributed by atoms with Crippen molar-refractivity contribution in [1.82, 2.24) is 0 Å². The van der Waals surface area contributed by atoms with Gasteiger partial charge in [0.2, 0.25) is 0 Å². The zero-order chi connectivity index (χ0) is 23.3. The van der Waals surface area contributed by atoms with Crippen LogP contribution in [0, 0.1) is 17.0 Å². The number of nitrogens with zero attached hydrogens (tertiary/aromatic N) is 1. The predicted octanol–water partition coefficient (Wildman–Crippen LogP) is 2.99. The number of hydrogen-bond acceptors (Lipinski definition) is 10. The minimum atomic E-state index is -0.985. The van der Waals surface area contributed by atoms with E-state index in [1.54, 1.807) is 0 Å². The Balaban J connectivity index is 2.14. The zero-order valence-corrected chi connectivity index (χ0v) is 17.9. The Morgan fingerprint density at radius 2 is 1.77 bits per heavy atom. The lowest BCUT2D eigenvalue weighted by atomic mass is 10.1. The summed E-state index contributed by atoms with van der Waals surface area (Å²) in [5.41, 5.74) is -0.265. The molecule has 1 aromatic heterocycles. The molecule has 1 aromatic carbocycles. The Kier molecular flexibility index (Phi) is 7.67. The number of thiophene rings is 1. The largest absolute Gasteiger partial charge is 0.465 e. The molecule has 0 aliphatic rings. The highest BCUT2D eigenvalue weighted by Crippen LogP contribution is 2.34. The molecule has 0 aliphatic carbocycles. The Morgan fingerprint density at radius 1 is 1.13 bits per heavy atom. The molecule has 11 nitrogen and oxygen atoms in total. The van der Waals surface area contributed by atoms with Gasteiger partial charge < -0.3 is 19.5 Å². The van der Waals surface area contributed by atoms with Gasteiger partial charge in [-0.1, -0.05) is 11.6 Å². The van der Waals surface area contributed by atoms with Crippen molar-refractivity contribution in [2.45, 2.75) is 6.92 Å². The molecule has 0 saturated carbocycles. The summed E-state index contributed by atoms with van der Waals surface area (Å²) in [5.74, 6) is -3.28. The smallest absolute Gasteiger partial charge is 0.348 e. The van der Waals surface area contributed by atoms with E-state index >= 15 is 0 Å². The lowest BCUT2D eigenvalue weighted by Gasteiger charge is -2.08. The average molecular weight is 471 g/mol. The van der Waals surface area contributed by atoms with Crippen molar-refractivity contribution in [1.29, 1.82) is 0 Å². The van der Waals surface area contributed by atoms with Gasteiger partial charge in [0, 0.05) is 12.1 Å². The second kappa shape index (κ2) is 10.00. The molecule has 31 heavy (non-hydrogen) atoms. The number of esters is 3. The molecule has 0 spiro atoms. The van der Waals surface area contributed by atoms with Gasteiger partial charge in [0.05, 0.1) is 35.3 Å². The highest BCUT2D eigenvalue weighted by atomic mass is 35.5. The highest BCUT2D eigenvalue weighted by molar-refractivity contribution is 7.18. The van der Waals surface area contributed by atoms with Crippen LogP contribution in [0.15, 0.2) is 18.2 Å². The molecular weight excluding hydrogens is 456 g/mol. The van der Waals surface area contributed by atoms with Gasteiger partial charge in [-0.25, -0.2) is 14.4 Å². The lowest BCUT2D eigenvalue weighted by Crippen LogP contribution is -2.21. The van der Waals surface area contributed by atoms with Gasteiger partial charge in [0.1, 0.15) is 9.88 Å². The SMILES string of the molecule is COC(=O)c1sc(NC(=O)COC(=O)c2ccc([N+](=O)[O-])cc2Cl)c(C(=O)OC)c1C. The Morgan fingerprint density at radius 3 is 2.32 bits per heavy atom. The first-order valence-electron chi connectivity index (χ1n) is 8.31. The summed E-state index contributed by atoms with van der Waals surface area (Å²) in [4.78, 5) is 58.4. The Hall–Kier alpha value is -3.51. The van der Waals surface area contributed by atoms with Crippen LogP contribution in [0.4, 0.5) is 10.7 Å². The quantitative estimate of drug-likeness (QED) is 0.278. The molecule has 0 fully saturated rings. The summed E-state index contributed by atoms with van der Waals surface area (Å²) >= 11 is 6.64. The Labute approximate surface area is 184 Å². The third kappa shape index (κ3) is 5.35. The van der Waals surface area contributed by atoms with Crippen molar-refractivity contribution in [2.75, 3.05) is 26.1 Å². The summed E-state index contributed by atoms with van der Waals surface area (Å²) in [5, 5.41) is 12.9. The second-order valence-electron chi connectivity index (χ2n) is 5.79. The van der Waals surface area contributed by atoms with Crippen LogP contribution in [0.1, 0.15) is 36.0 Å². The molecule has 0 atom stereocenters. The molecule has 0 bridgehead atoms. The summed E-state index contributed by atoms with van der Waals surface area (Å²) in [6.07, 6.45) is 0. The van der Waals surface area contributed by atoms with Gasteiger partial charge in [-0.15, -0.1) is 11.3 Å². The molecule has 0 saturated heterocycles. The van der Waals surface area contributed by atoms with E-state index in [4.69, 9.17) is 16.3 Å². The number of carbonyl (C=O) groups excluding carboxylic acids is 4. The molecule has 2 aromatic rings. The van der Waals surface area contributed by atoms with Crippen molar-refractivity contribution in [2.24, 2.45) is 0 Å². The van der Waals surface area contributed by atoms with E-state index in [1.807, 2.05) is 0 Å². The van der Waals surface area contributed by atoms with Crippen molar-refractivity contribution >= 4 is 57.4 Å². The van der Waals surface area contributed by atoms with Crippen LogP contribution < -0.4 is 5.32 Å². The maximum Gasteiger partial charge on any atom is 0.348 e. The maximum absolute atomic E-state index is 12.2. The summed E-state index contributed by atoms with van der Waals surface area (Å²) in [6, 6.07) is 3.14. The van der Waals surface area contributed by atoms with Crippen LogP contribution in [-0.4, -0.2) is 49.6 Å². The number of carbonyl (C=O) groups is 4. The van der Waals surface area contributed by atoms with Gasteiger partial charge in [-0.3, -0.25) is 14.9 Å². The number of benzene rings is 1. The second-order valence-corrected chi connectivity index (χ2v) is 7.22. The third-order valence-electron chi connectivity index (χ3n) is 3.88. The van der Waals surface area contributed by atoms with Crippen LogP contribution in [0.3, 0.4) is 0 Å². The van der Waals surface area contributed by atoms with Crippen molar-refractivity contribution < 1.29 is 38.3 Å². The number of halogens is 1. The van der Waals surface area contributed by atoms with E-state index in [9.17, 15) is 29.3 Å². The van der Waals surface area contributed by atoms with Gasteiger partial charge in [0.25, 0.3) is 11.6 Å². The first-order chi connectivity index (χ1) is 14.6. The van der Waals surface area contributed by atoms with E-state index in [1.165, 1.54) is 14.0 Å². The number of ether oxygens (including phenoxy) is 3. The topological polar surface area (TPSA) is 151 Å². The summed E-state index contributed by atoms with van der Waals surface area (Å²) < 4.78 is 14.2. The van der Waals surface area contributed by atoms with Crippen LogP contribution in [-0.2, 0) is 19.0 Å². The fourth-order valence-corrected chi connectivity index (χ4v) is 3.77. The van der Waals surface area contributed by atoms with Crippen molar-refractivity contribution in [3.63, 3.8) is 0 Å². The van der Waals surface area contributed by atoms with Crippen molar-refractivity contribution in [3.8, 4) is 0 Å². The molecule has 13 heteroatoms. The molecule has 0 unspecified atom stereocenters. The van der Waals surface area contributed by atoms with E-state index in [0.717, 1.165) is 36.6 Å². The fraction of sp³-hybridized carbons (Fsp3) is 0.222. The van der Waals surface area contributed by atoms with Crippen LogP contribution in [0.5, 0.6) is 0 Å². The normalized spacial score (nSPS) is 10.2. The van der Waals surface area contributed by atoms with Gasteiger partial charge in [-0.2, -0.15) is 0 Å². The van der Waals surface area contributed by atoms with Crippen LogP contribution in [0.25, 0.3) is 0 Å². The Bertz CT molecular complexity index is 1080. The summed E-state index contributed by atoms with van der Waals surface area (Å²) in [6.45, 7) is 0.735. The minimum Gasteiger partial charge on any atom is -0.465 e. The molecular formula is C18H15ClN2O9S. The van der Waals surface area contributed by atoms with Crippen molar-refractivity contribution in [3.05, 3.63) is 54.9 Å². The fourth-order valence-electron chi connectivity index (χ4n) is 2.39. The van der Waals surface area contributed by atoms with Gasteiger partial charge in [-0.05, 0) is 18.6 Å². The number of hydrogen-bond donors (Lipinski definition) is 1. The monoisotopic (exact) mass is 470 g/mol.